The Morgan fingerprint density at radius 3 is 2.44 bits per heavy atom. The summed E-state index contributed by atoms with van der Waals surface area (Å²) in [6, 6.07) is 1.82. The maximum Gasteiger partial charge on any atom is 0.145 e. The van der Waals surface area contributed by atoms with Crippen molar-refractivity contribution in [1.29, 1.82) is 0 Å². The maximum atomic E-state index is 8.95. The average Bonchev–Trinajstić information content (AvgIpc) is 2.64. The molecule has 0 spiro atoms. The van der Waals surface area contributed by atoms with Gasteiger partial charge < -0.3 is 15.7 Å². The fourth-order valence-corrected chi connectivity index (χ4v) is 2.36. The Kier molecular flexibility index (Phi) is 4.98. The molecule has 0 aromatic carbocycles. The largest absolute Gasteiger partial charge is 0.395 e. The zero-order chi connectivity index (χ0) is 12.8. The highest BCUT2D eigenvalue weighted by Crippen LogP contribution is 2.03. The molecule has 0 radical (unpaired) electrons. The van der Waals surface area contributed by atoms with Gasteiger partial charge in [-0.2, -0.15) is 5.10 Å². The molecule has 1 aromatic heterocycles. The quantitative estimate of drug-likeness (QED) is 0.738. The molecule has 1 aliphatic heterocycles. The molecule has 6 nitrogen and oxygen atoms in total. The van der Waals surface area contributed by atoms with Crippen LogP contribution in [-0.2, 0) is 6.54 Å². The maximum absolute atomic E-state index is 8.95. The van der Waals surface area contributed by atoms with Crippen LogP contribution < -0.4 is 5.73 Å². The van der Waals surface area contributed by atoms with Crippen LogP contribution in [0.2, 0.25) is 0 Å². The van der Waals surface area contributed by atoms with Crippen LogP contribution in [0, 0.1) is 0 Å². The van der Waals surface area contributed by atoms with Gasteiger partial charge in [0.05, 0.1) is 13.2 Å². The molecule has 6 heteroatoms. The Hall–Kier alpha value is -1.11. The van der Waals surface area contributed by atoms with Crippen LogP contribution in [0.15, 0.2) is 12.3 Å². The van der Waals surface area contributed by atoms with Crippen LogP contribution in [0.5, 0.6) is 0 Å². The number of nitrogens with two attached hydrogens (primary N) is 1. The SMILES string of the molecule is Nc1ccn(CCN2CCCN(CCO)CC2)n1. The molecule has 0 bridgehead atoms. The van der Waals surface area contributed by atoms with Gasteiger partial charge in [0.15, 0.2) is 0 Å². The highest BCUT2D eigenvalue weighted by atomic mass is 16.3. The zero-order valence-electron chi connectivity index (χ0n) is 10.8. The lowest BCUT2D eigenvalue weighted by Gasteiger charge is -2.21. The van der Waals surface area contributed by atoms with Crippen molar-refractivity contribution in [2.45, 2.75) is 13.0 Å². The summed E-state index contributed by atoms with van der Waals surface area (Å²) in [7, 11) is 0. The first-order valence-electron chi connectivity index (χ1n) is 6.62. The Bertz CT molecular complexity index is 354. The van der Waals surface area contributed by atoms with E-state index in [9.17, 15) is 0 Å². The predicted octanol–water partition coefficient (Wildman–Crippen LogP) is -0.535. The fraction of sp³-hybridized carbons (Fsp3) is 0.750. The summed E-state index contributed by atoms with van der Waals surface area (Å²) in [6.07, 6.45) is 3.09. The first-order chi connectivity index (χ1) is 8.78. The first kappa shape index (κ1) is 13.3. The van der Waals surface area contributed by atoms with Gasteiger partial charge in [-0.25, -0.2) is 0 Å². The summed E-state index contributed by atoms with van der Waals surface area (Å²) in [5, 5.41) is 13.1. The monoisotopic (exact) mass is 253 g/mol. The van der Waals surface area contributed by atoms with Crippen molar-refractivity contribution in [1.82, 2.24) is 19.6 Å². The molecule has 2 heterocycles. The van der Waals surface area contributed by atoms with Crippen LogP contribution in [0.1, 0.15) is 6.42 Å². The van der Waals surface area contributed by atoms with E-state index in [1.165, 1.54) is 6.42 Å². The molecule has 1 fully saturated rings. The molecule has 0 unspecified atom stereocenters. The summed E-state index contributed by atoms with van der Waals surface area (Å²) in [5.41, 5.74) is 5.59. The number of aliphatic hydroxyl groups is 1. The van der Waals surface area contributed by atoms with Crippen LogP contribution in [0.4, 0.5) is 5.82 Å². The van der Waals surface area contributed by atoms with E-state index in [4.69, 9.17) is 10.8 Å². The number of hydrogen-bond donors (Lipinski definition) is 2. The highest BCUT2D eigenvalue weighted by molar-refractivity contribution is 5.23. The molecule has 0 amide bonds. The van der Waals surface area contributed by atoms with Crippen LogP contribution >= 0.6 is 0 Å². The van der Waals surface area contributed by atoms with Gasteiger partial charge >= 0.3 is 0 Å². The minimum absolute atomic E-state index is 0.257. The Morgan fingerprint density at radius 2 is 1.83 bits per heavy atom. The van der Waals surface area contributed by atoms with Gasteiger partial charge in [-0.1, -0.05) is 0 Å². The van der Waals surface area contributed by atoms with Crippen molar-refractivity contribution in [2.75, 3.05) is 51.6 Å². The van der Waals surface area contributed by atoms with Crippen molar-refractivity contribution in [2.24, 2.45) is 0 Å². The van der Waals surface area contributed by atoms with E-state index in [0.29, 0.717) is 5.82 Å². The predicted molar refractivity (Wildman–Crippen MR) is 71.2 cm³/mol. The third kappa shape index (κ3) is 3.97. The van der Waals surface area contributed by atoms with Crippen LogP contribution in [0.25, 0.3) is 0 Å². The minimum atomic E-state index is 0.257. The molecule has 2 rings (SSSR count). The minimum Gasteiger partial charge on any atom is -0.395 e. The van der Waals surface area contributed by atoms with Gasteiger partial charge in [-0.3, -0.25) is 9.58 Å². The molecular weight excluding hydrogens is 230 g/mol. The molecule has 1 saturated heterocycles. The van der Waals surface area contributed by atoms with Gasteiger partial charge in [0.2, 0.25) is 0 Å². The number of hydrogen-bond acceptors (Lipinski definition) is 5. The summed E-state index contributed by atoms with van der Waals surface area (Å²) in [6.45, 7) is 7.27. The molecule has 0 aliphatic carbocycles. The fourth-order valence-electron chi connectivity index (χ4n) is 2.36. The molecule has 1 aliphatic rings. The van der Waals surface area contributed by atoms with E-state index in [1.54, 1.807) is 0 Å². The lowest BCUT2D eigenvalue weighted by molar-refractivity contribution is 0.195. The van der Waals surface area contributed by atoms with E-state index >= 15 is 0 Å². The molecule has 18 heavy (non-hydrogen) atoms. The Balaban J connectivity index is 1.73. The number of β-amino-alcohol motifs (C(OH)–C–C–N with tert-alkyl or cyclic N) is 1. The lowest BCUT2D eigenvalue weighted by atomic mass is 10.4. The van der Waals surface area contributed by atoms with Crippen molar-refractivity contribution in [3.8, 4) is 0 Å². The number of nitrogen functional groups attached to an aromatic ring is 1. The molecule has 0 saturated carbocycles. The lowest BCUT2D eigenvalue weighted by Crippen LogP contribution is -2.33. The Morgan fingerprint density at radius 1 is 1.11 bits per heavy atom. The highest BCUT2D eigenvalue weighted by Gasteiger charge is 2.13. The van der Waals surface area contributed by atoms with Gasteiger partial charge in [0, 0.05) is 32.4 Å². The van der Waals surface area contributed by atoms with E-state index < -0.39 is 0 Å². The molecule has 0 atom stereocenters. The first-order valence-corrected chi connectivity index (χ1v) is 6.62. The zero-order valence-corrected chi connectivity index (χ0v) is 10.8. The molecule has 102 valence electrons. The normalized spacial score (nSPS) is 18.9. The van der Waals surface area contributed by atoms with E-state index in [0.717, 1.165) is 45.8 Å². The summed E-state index contributed by atoms with van der Waals surface area (Å²) >= 11 is 0. The molecule has 3 N–H and O–H groups in total. The number of nitrogens with zero attached hydrogens (tertiary/aromatic N) is 4. The third-order valence-corrected chi connectivity index (χ3v) is 3.40. The molecule has 1 aromatic rings. The second-order valence-electron chi connectivity index (χ2n) is 4.76. The second kappa shape index (κ2) is 6.72. The van der Waals surface area contributed by atoms with E-state index in [-0.39, 0.29) is 6.61 Å². The van der Waals surface area contributed by atoms with Crippen LogP contribution in [-0.4, -0.2) is 70.6 Å². The summed E-state index contributed by atoms with van der Waals surface area (Å²) in [4.78, 5) is 4.78. The topological polar surface area (TPSA) is 70.5 Å². The van der Waals surface area contributed by atoms with Crippen molar-refractivity contribution >= 4 is 5.82 Å². The standard InChI is InChI=1S/C12H23N5O/c13-12-2-5-17(14-12)9-8-15-3-1-4-16(7-6-15)10-11-18/h2,5,18H,1,3-4,6-11H2,(H2,13,14). The van der Waals surface area contributed by atoms with Crippen LogP contribution in [0.3, 0.4) is 0 Å². The smallest absolute Gasteiger partial charge is 0.145 e. The number of anilines is 1. The van der Waals surface area contributed by atoms with Gasteiger partial charge in [0.1, 0.15) is 5.82 Å². The number of aliphatic hydroxyl groups excluding tert-OH is 1. The Labute approximate surface area is 108 Å². The number of aromatic nitrogens is 2. The van der Waals surface area contributed by atoms with Gasteiger partial charge in [0.25, 0.3) is 0 Å². The average molecular weight is 253 g/mol. The van der Waals surface area contributed by atoms with Gasteiger partial charge in [-0.05, 0) is 25.6 Å². The number of rotatable bonds is 5. The summed E-state index contributed by atoms with van der Waals surface area (Å²) < 4.78 is 1.89. The van der Waals surface area contributed by atoms with Crippen molar-refractivity contribution in [3.63, 3.8) is 0 Å². The molecular formula is C12H23N5O. The second-order valence-corrected chi connectivity index (χ2v) is 4.76. The van der Waals surface area contributed by atoms with E-state index in [2.05, 4.69) is 14.9 Å². The van der Waals surface area contributed by atoms with Crippen molar-refractivity contribution in [3.05, 3.63) is 12.3 Å². The van der Waals surface area contributed by atoms with Gasteiger partial charge in [-0.15, -0.1) is 0 Å². The van der Waals surface area contributed by atoms with Crippen molar-refractivity contribution < 1.29 is 5.11 Å². The summed E-state index contributed by atoms with van der Waals surface area (Å²) in [5.74, 6) is 0.583. The third-order valence-electron chi connectivity index (χ3n) is 3.40. The van der Waals surface area contributed by atoms with E-state index in [1.807, 2.05) is 16.9 Å².